The van der Waals surface area contributed by atoms with Gasteiger partial charge in [-0.3, -0.25) is 9.69 Å². The van der Waals surface area contributed by atoms with Crippen LogP contribution in [0.15, 0.2) is 50.8 Å². The summed E-state index contributed by atoms with van der Waals surface area (Å²) in [6.07, 6.45) is 3.75. The van der Waals surface area contributed by atoms with Crippen molar-refractivity contribution < 1.29 is 24.2 Å². The fourth-order valence-corrected chi connectivity index (χ4v) is 4.58. The van der Waals surface area contributed by atoms with E-state index in [2.05, 4.69) is 27.8 Å². The molecule has 0 saturated carbocycles. The van der Waals surface area contributed by atoms with Crippen LogP contribution in [0.4, 0.5) is 5.69 Å². The van der Waals surface area contributed by atoms with E-state index in [1.165, 1.54) is 28.8 Å². The van der Waals surface area contributed by atoms with Gasteiger partial charge in [0.25, 0.3) is 5.91 Å². The van der Waals surface area contributed by atoms with Crippen molar-refractivity contribution in [1.82, 2.24) is 4.90 Å². The summed E-state index contributed by atoms with van der Waals surface area (Å²) in [7, 11) is 1.64. The summed E-state index contributed by atoms with van der Waals surface area (Å²) in [5, 5.41) is 9.65. The molecule has 0 aliphatic carbocycles. The van der Waals surface area contributed by atoms with Gasteiger partial charge < -0.3 is 14.6 Å². The molecule has 1 saturated heterocycles. The summed E-state index contributed by atoms with van der Waals surface area (Å²) in [5.74, 6) is 0.0398. The molecule has 1 N–H and O–H groups in total. The van der Waals surface area contributed by atoms with Crippen LogP contribution in [0.2, 0.25) is 0 Å². The molecule has 3 rings (SSSR count). The van der Waals surface area contributed by atoms with Crippen molar-refractivity contribution in [2.45, 2.75) is 26.7 Å². The van der Waals surface area contributed by atoms with Gasteiger partial charge in [-0.1, -0.05) is 19.4 Å². The fraction of sp³-hybridized carbons (Fsp3) is 0.292. The number of rotatable bonds is 9. The Hall–Kier alpha value is -2.78. The number of carboxylic acid groups (broad SMARTS) is 1. The van der Waals surface area contributed by atoms with Crippen molar-refractivity contribution in [3.05, 3.63) is 56.9 Å². The molecule has 0 bridgehead atoms. The predicted molar refractivity (Wildman–Crippen MR) is 135 cm³/mol. The first-order valence-electron chi connectivity index (χ1n) is 10.5. The van der Waals surface area contributed by atoms with Gasteiger partial charge in [0.2, 0.25) is 0 Å². The fourth-order valence-electron chi connectivity index (χ4n) is 3.01. The number of unbranched alkanes of at least 4 members (excludes halogenated alkanes) is 1. The lowest BCUT2D eigenvalue weighted by Gasteiger charge is -2.14. The van der Waals surface area contributed by atoms with E-state index in [0.29, 0.717) is 40.5 Å². The van der Waals surface area contributed by atoms with Gasteiger partial charge in [-0.05, 0) is 83.0 Å². The smallest absolute Gasteiger partial charge is 0.335 e. The van der Waals surface area contributed by atoms with Crippen LogP contribution in [-0.2, 0) is 4.79 Å². The van der Waals surface area contributed by atoms with Crippen LogP contribution < -0.4 is 9.47 Å². The Morgan fingerprint density at radius 1 is 1.24 bits per heavy atom. The van der Waals surface area contributed by atoms with Gasteiger partial charge in [-0.15, -0.1) is 0 Å². The Kier molecular flexibility index (Phi) is 8.57. The van der Waals surface area contributed by atoms with E-state index < -0.39 is 5.97 Å². The van der Waals surface area contributed by atoms with Crippen molar-refractivity contribution >= 4 is 56.5 Å². The maximum atomic E-state index is 12.8. The highest BCUT2D eigenvalue weighted by Crippen LogP contribution is 2.39. The van der Waals surface area contributed by atoms with E-state index in [4.69, 9.17) is 9.47 Å². The maximum absolute atomic E-state index is 12.8. The molecule has 1 aliphatic rings. The SMILES string of the molecule is CCCCOc1c(Br)cc(/C=C2/SC(=Nc3cccc(C(=O)O)c3)N(C)C2=O)cc1OCC. The zero-order valence-electron chi connectivity index (χ0n) is 18.6. The number of hydrogen-bond acceptors (Lipinski definition) is 6. The predicted octanol–water partition coefficient (Wildman–Crippen LogP) is 5.96. The first-order chi connectivity index (χ1) is 15.8. The first kappa shape index (κ1) is 24.9. The topological polar surface area (TPSA) is 88.4 Å². The summed E-state index contributed by atoms with van der Waals surface area (Å²) in [4.78, 5) is 30.4. The second-order valence-corrected chi connectivity index (χ2v) is 9.05. The molecule has 7 nitrogen and oxygen atoms in total. The molecule has 0 atom stereocenters. The van der Waals surface area contributed by atoms with E-state index in [-0.39, 0.29) is 11.5 Å². The number of carbonyl (C=O) groups excluding carboxylic acids is 1. The number of benzene rings is 2. The number of carboxylic acids is 1. The number of ether oxygens (including phenoxy) is 2. The van der Waals surface area contributed by atoms with E-state index >= 15 is 0 Å². The van der Waals surface area contributed by atoms with Crippen molar-refractivity contribution in [3.63, 3.8) is 0 Å². The van der Waals surface area contributed by atoms with Crippen molar-refractivity contribution in [3.8, 4) is 11.5 Å². The highest BCUT2D eigenvalue weighted by Gasteiger charge is 2.30. The number of thioether (sulfide) groups is 1. The quantitative estimate of drug-likeness (QED) is 0.316. The largest absolute Gasteiger partial charge is 0.490 e. The molecular formula is C24H25BrN2O5S. The van der Waals surface area contributed by atoms with E-state index in [1.807, 2.05) is 19.1 Å². The molecule has 0 unspecified atom stereocenters. The lowest BCUT2D eigenvalue weighted by atomic mass is 10.2. The Balaban J connectivity index is 1.89. The summed E-state index contributed by atoms with van der Waals surface area (Å²) < 4.78 is 12.4. The van der Waals surface area contributed by atoms with Gasteiger partial charge in [0.1, 0.15) is 0 Å². The summed E-state index contributed by atoms with van der Waals surface area (Å²) in [6, 6.07) is 10.0. The normalized spacial score (nSPS) is 16.0. The van der Waals surface area contributed by atoms with Crippen LogP contribution in [0.5, 0.6) is 11.5 Å². The molecule has 9 heteroatoms. The van der Waals surface area contributed by atoms with Crippen LogP contribution >= 0.6 is 27.7 Å². The third kappa shape index (κ3) is 6.17. The highest BCUT2D eigenvalue weighted by atomic mass is 79.9. The molecule has 1 fully saturated rings. The number of nitrogens with zero attached hydrogens (tertiary/aromatic N) is 2. The van der Waals surface area contributed by atoms with Crippen LogP contribution in [0, 0.1) is 0 Å². The standard InChI is InChI=1S/C24H25BrN2O5S/c1-4-6-10-32-21-18(25)11-15(12-19(21)31-5-2)13-20-22(28)27(3)24(33-20)26-17-9-7-8-16(14-17)23(29)30/h7-9,11-14H,4-6,10H2,1-3H3,(H,29,30)/b20-13+,26-24?. The lowest BCUT2D eigenvalue weighted by Crippen LogP contribution is -2.23. The summed E-state index contributed by atoms with van der Waals surface area (Å²) in [5.41, 5.74) is 1.39. The Morgan fingerprint density at radius 2 is 2.03 bits per heavy atom. The Labute approximate surface area is 205 Å². The molecule has 0 aromatic heterocycles. The van der Waals surface area contributed by atoms with Crippen LogP contribution in [0.25, 0.3) is 6.08 Å². The highest BCUT2D eigenvalue weighted by molar-refractivity contribution is 9.10. The van der Waals surface area contributed by atoms with Gasteiger partial charge in [0, 0.05) is 7.05 Å². The molecule has 2 aromatic carbocycles. The Bertz CT molecular complexity index is 1120. The minimum atomic E-state index is -1.03. The van der Waals surface area contributed by atoms with Crippen LogP contribution in [-0.4, -0.2) is 47.3 Å². The summed E-state index contributed by atoms with van der Waals surface area (Å²) >= 11 is 4.79. The average Bonchev–Trinajstić information content (AvgIpc) is 3.03. The molecule has 1 heterocycles. The minimum Gasteiger partial charge on any atom is -0.490 e. The van der Waals surface area contributed by atoms with Crippen molar-refractivity contribution in [2.24, 2.45) is 4.99 Å². The molecule has 0 spiro atoms. The van der Waals surface area contributed by atoms with Crippen LogP contribution in [0.1, 0.15) is 42.6 Å². The number of carbonyl (C=O) groups is 2. The summed E-state index contributed by atoms with van der Waals surface area (Å²) in [6.45, 7) is 5.09. The zero-order chi connectivity index (χ0) is 24.0. The maximum Gasteiger partial charge on any atom is 0.335 e. The number of aromatic carboxylic acids is 1. The molecule has 1 aliphatic heterocycles. The van der Waals surface area contributed by atoms with Gasteiger partial charge in [0.05, 0.1) is 33.8 Å². The first-order valence-corrected chi connectivity index (χ1v) is 12.1. The van der Waals surface area contributed by atoms with Crippen LogP contribution in [0.3, 0.4) is 0 Å². The number of likely N-dealkylation sites (N-methyl/N-ethyl adjacent to an activating group) is 1. The van der Waals surface area contributed by atoms with Gasteiger partial charge >= 0.3 is 5.97 Å². The van der Waals surface area contributed by atoms with Crippen molar-refractivity contribution in [1.29, 1.82) is 0 Å². The average molecular weight is 533 g/mol. The van der Waals surface area contributed by atoms with Gasteiger partial charge in [0.15, 0.2) is 16.7 Å². The molecular weight excluding hydrogens is 508 g/mol. The third-order valence-electron chi connectivity index (χ3n) is 4.70. The number of amidine groups is 1. The second-order valence-electron chi connectivity index (χ2n) is 7.19. The zero-order valence-corrected chi connectivity index (χ0v) is 21.0. The van der Waals surface area contributed by atoms with E-state index in [0.717, 1.165) is 22.9 Å². The number of hydrogen-bond donors (Lipinski definition) is 1. The van der Waals surface area contributed by atoms with E-state index in [1.54, 1.807) is 25.3 Å². The Morgan fingerprint density at radius 3 is 2.73 bits per heavy atom. The number of amides is 1. The molecule has 1 amide bonds. The monoisotopic (exact) mass is 532 g/mol. The molecule has 174 valence electrons. The number of halogens is 1. The van der Waals surface area contributed by atoms with Crippen molar-refractivity contribution in [2.75, 3.05) is 20.3 Å². The molecule has 33 heavy (non-hydrogen) atoms. The van der Waals surface area contributed by atoms with Gasteiger partial charge in [-0.25, -0.2) is 9.79 Å². The second kappa shape index (κ2) is 11.4. The lowest BCUT2D eigenvalue weighted by molar-refractivity contribution is -0.121. The van der Waals surface area contributed by atoms with Gasteiger partial charge in [-0.2, -0.15) is 0 Å². The third-order valence-corrected chi connectivity index (χ3v) is 6.34. The number of aliphatic imine (C=N–C) groups is 1. The minimum absolute atomic E-state index is 0.138. The molecule has 2 aromatic rings. The molecule has 0 radical (unpaired) electrons. The van der Waals surface area contributed by atoms with E-state index in [9.17, 15) is 14.7 Å².